The molecule has 132 valence electrons. The molecule has 1 amide bonds. The van der Waals surface area contributed by atoms with Crippen molar-refractivity contribution < 1.29 is 19.1 Å². The lowest BCUT2D eigenvalue weighted by Gasteiger charge is -2.29. The number of fused-ring (bicyclic) bond motifs is 1. The van der Waals surface area contributed by atoms with Gasteiger partial charge in [-0.05, 0) is 35.7 Å². The van der Waals surface area contributed by atoms with Crippen molar-refractivity contribution in [2.24, 2.45) is 0 Å². The van der Waals surface area contributed by atoms with E-state index in [-0.39, 0.29) is 29.8 Å². The van der Waals surface area contributed by atoms with Crippen molar-refractivity contribution in [1.29, 1.82) is 0 Å². The summed E-state index contributed by atoms with van der Waals surface area (Å²) in [6.07, 6.45) is 1.43. The molecule has 0 radical (unpaired) electrons. The van der Waals surface area contributed by atoms with Gasteiger partial charge in [-0.2, -0.15) is 0 Å². The first kappa shape index (κ1) is 16.5. The number of hydrogen-bond acceptors (Lipinski definition) is 3. The van der Waals surface area contributed by atoms with Crippen molar-refractivity contribution in [3.8, 4) is 0 Å². The maximum Gasteiger partial charge on any atom is 0.255 e. The minimum absolute atomic E-state index is 0.0693. The van der Waals surface area contributed by atoms with Gasteiger partial charge in [0.25, 0.3) is 5.91 Å². The number of benzene rings is 2. The van der Waals surface area contributed by atoms with E-state index in [4.69, 9.17) is 0 Å². The van der Waals surface area contributed by atoms with E-state index in [9.17, 15) is 19.1 Å². The maximum atomic E-state index is 13.2. The molecule has 1 atom stereocenters. The van der Waals surface area contributed by atoms with E-state index in [2.05, 4.69) is 0 Å². The summed E-state index contributed by atoms with van der Waals surface area (Å²) in [5.41, 5.74) is 2.35. The number of amides is 1. The van der Waals surface area contributed by atoms with Crippen molar-refractivity contribution in [3.05, 3.63) is 82.4 Å². The zero-order valence-corrected chi connectivity index (χ0v) is 14.1. The molecule has 2 aromatic rings. The monoisotopic (exact) mass is 351 g/mol. The van der Waals surface area contributed by atoms with Gasteiger partial charge in [0.05, 0.1) is 11.6 Å². The van der Waals surface area contributed by atoms with Gasteiger partial charge < -0.3 is 10.0 Å². The van der Waals surface area contributed by atoms with Gasteiger partial charge in [-0.1, -0.05) is 30.3 Å². The van der Waals surface area contributed by atoms with Crippen molar-refractivity contribution in [2.75, 3.05) is 0 Å². The standard InChI is InChI=1S/C21H18FNO3/c22-14-10-8-13(9-11-14)12-23-20(19-17(24)6-3-7-18(19)25)15-4-1-2-5-16(15)21(23)26/h1-2,4-5,8-11,20,24H,3,6-7,12H2. The summed E-state index contributed by atoms with van der Waals surface area (Å²) in [7, 11) is 0. The Kier molecular flexibility index (Phi) is 4.07. The van der Waals surface area contributed by atoms with E-state index >= 15 is 0 Å². The average Bonchev–Trinajstić information content (AvgIpc) is 2.90. The van der Waals surface area contributed by atoms with Crippen LogP contribution in [0.1, 0.15) is 46.8 Å². The minimum Gasteiger partial charge on any atom is -0.512 e. The van der Waals surface area contributed by atoms with Crippen LogP contribution < -0.4 is 0 Å². The first-order chi connectivity index (χ1) is 12.6. The second-order valence-corrected chi connectivity index (χ2v) is 6.69. The summed E-state index contributed by atoms with van der Waals surface area (Å²) in [5.74, 6) is -0.579. The Morgan fingerprint density at radius 2 is 1.77 bits per heavy atom. The SMILES string of the molecule is O=C1CCCC(O)=C1C1c2ccccc2C(=O)N1Cc1ccc(F)cc1. The molecule has 1 aliphatic carbocycles. The van der Waals surface area contributed by atoms with Gasteiger partial charge in [0, 0.05) is 24.9 Å². The number of hydrogen-bond donors (Lipinski definition) is 1. The lowest BCUT2D eigenvalue weighted by Crippen LogP contribution is -2.32. The number of carbonyl (C=O) groups is 2. The van der Waals surface area contributed by atoms with Gasteiger partial charge >= 0.3 is 0 Å². The number of allylic oxidation sites excluding steroid dienone is 1. The third kappa shape index (κ3) is 2.69. The summed E-state index contributed by atoms with van der Waals surface area (Å²) in [6, 6.07) is 12.5. The van der Waals surface area contributed by atoms with Gasteiger partial charge in [0.15, 0.2) is 5.78 Å². The molecular weight excluding hydrogens is 333 g/mol. The number of ketones is 1. The molecule has 26 heavy (non-hydrogen) atoms. The molecule has 0 saturated carbocycles. The van der Waals surface area contributed by atoms with E-state index < -0.39 is 6.04 Å². The molecule has 2 aromatic carbocycles. The van der Waals surface area contributed by atoms with Crippen LogP contribution in [0.25, 0.3) is 0 Å². The van der Waals surface area contributed by atoms with Crippen LogP contribution in [-0.4, -0.2) is 21.7 Å². The second kappa shape index (κ2) is 6.41. The first-order valence-corrected chi connectivity index (χ1v) is 8.66. The Morgan fingerprint density at radius 1 is 1.04 bits per heavy atom. The number of carbonyl (C=O) groups excluding carboxylic acids is 2. The molecule has 0 aromatic heterocycles. The molecule has 1 unspecified atom stereocenters. The maximum absolute atomic E-state index is 13.2. The number of nitrogens with zero attached hydrogens (tertiary/aromatic N) is 1. The van der Waals surface area contributed by atoms with Crippen LogP contribution in [0.5, 0.6) is 0 Å². The predicted molar refractivity (Wildman–Crippen MR) is 94.0 cm³/mol. The highest BCUT2D eigenvalue weighted by atomic mass is 19.1. The fourth-order valence-electron chi connectivity index (χ4n) is 3.79. The quantitative estimate of drug-likeness (QED) is 0.906. The van der Waals surface area contributed by atoms with Gasteiger partial charge in [0.1, 0.15) is 11.6 Å². The number of rotatable bonds is 3. The summed E-state index contributed by atoms with van der Waals surface area (Å²) >= 11 is 0. The minimum atomic E-state index is -0.600. The van der Waals surface area contributed by atoms with Crippen molar-refractivity contribution in [1.82, 2.24) is 4.90 Å². The third-order valence-electron chi connectivity index (χ3n) is 5.03. The van der Waals surface area contributed by atoms with Crippen LogP contribution in [0.3, 0.4) is 0 Å². The van der Waals surface area contributed by atoms with Gasteiger partial charge in [-0.15, -0.1) is 0 Å². The zero-order chi connectivity index (χ0) is 18.3. The molecule has 0 bridgehead atoms. The fourth-order valence-corrected chi connectivity index (χ4v) is 3.79. The predicted octanol–water partition coefficient (Wildman–Crippen LogP) is 4.09. The van der Waals surface area contributed by atoms with Crippen LogP contribution in [0.4, 0.5) is 4.39 Å². The number of aliphatic hydroxyl groups excluding tert-OH is 1. The van der Waals surface area contributed by atoms with E-state index in [1.54, 1.807) is 29.2 Å². The van der Waals surface area contributed by atoms with E-state index in [1.807, 2.05) is 12.1 Å². The molecule has 0 saturated heterocycles. The van der Waals surface area contributed by atoms with E-state index in [0.29, 0.717) is 30.4 Å². The molecule has 1 heterocycles. The molecule has 4 rings (SSSR count). The van der Waals surface area contributed by atoms with Crippen LogP contribution in [0.15, 0.2) is 59.9 Å². The topological polar surface area (TPSA) is 57.6 Å². The van der Waals surface area contributed by atoms with Gasteiger partial charge in [0.2, 0.25) is 0 Å². The molecule has 1 aliphatic heterocycles. The first-order valence-electron chi connectivity index (χ1n) is 8.66. The summed E-state index contributed by atoms with van der Waals surface area (Å²) < 4.78 is 13.2. The summed E-state index contributed by atoms with van der Waals surface area (Å²) in [6.45, 7) is 0.239. The van der Waals surface area contributed by atoms with Gasteiger partial charge in [-0.25, -0.2) is 4.39 Å². The summed E-state index contributed by atoms with van der Waals surface area (Å²) in [4.78, 5) is 27.1. The smallest absolute Gasteiger partial charge is 0.255 e. The van der Waals surface area contributed by atoms with E-state index in [0.717, 1.165) is 11.1 Å². The van der Waals surface area contributed by atoms with Gasteiger partial charge in [-0.3, -0.25) is 9.59 Å². The summed E-state index contributed by atoms with van der Waals surface area (Å²) in [5, 5.41) is 10.4. The average molecular weight is 351 g/mol. The Hall–Kier alpha value is -2.95. The molecule has 5 heteroatoms. The largest absolute Gasteiger partial charge is 0.512 e. The fraction of sp³-hybridized carbons (Fsp3) is 0.238. The van der Waals surface area contributed by atoms with Crippen molar-refractivity contribution in [2.45, 2.75) is 31.8 Å². The van der Waals surface area contributed by atoms with E-state index in [1.165, 1.54) is 12.1 Å². The lowest BCUT2D eigenvalue weighted by molar-refractivity contribution is -0.117. The number of aliphatic hydroxyl groups is 1. The Morgan fingerprint density at radius 3 is 2.50 bits per heavy atom. The normalized spacial score (nSPS) is 19.9. The Bertz CT molecular complexity index is 917. The lowest BCUT2D eigenvalue weighted by atomic mass is 9.87. The highest BCUT2D eigenvalue weighted by Gasteiger charge is 2.42. The van der Waals surface area contributed by atoms with Crippen LogP contribution in [-0.2, 0) is 11.3 Å². The molecule has 4 nitrogen and oxygen atoms in total. The van der Waals surface area contributed by atoms with Crippen molar-refractivity contribution in [3.63, 3.8) is 0 Å². The van der Waals surface area contributed by atoms with Crippen LogP contribution >= 0.6 is 0 Å². The molecular formula is C21H18FNO3. The Labute approximate surface area is 150 Å². The van der Waals surface area contributed by atoms with Crippen LogP contribution in [0.2, 0.25) is 0 Å². The third-order valence-corrected chi connectivity index (χ3v) is 5.03. The van der Waals surface area contributed by atoms with Crippen LogP contribution in [0, 0.1) is 5.82 Å². The molecule has 0 fully saturated rings. The number of Topliss-reactive ketones (excluding diaryl/α,β-unsaturated/α-hetero) is 1. The highest BCUT2D eigenvalue weighted by Crippen LogP contribution is 2.42. The molecule has 0 spiro atoms. The highest BCUT2D eigenvalue weighted by molar-refractivity contribution is 6.04. The van der Waals surface area contributed by atoms with Crippen molar-refractivity contribution >= 4 is 11.7 Å². The number of halogens is 1. The molecule has 1 N–H and O–H groups in total. The zero-order valence-electron chi connectivity index (χ0n) is 14.1. The Balaban J connectivity index is 1.80. The molecule has 2 aliphatic rings. The second-order valence-electron chi connectivity index (χ2n) is 6.69.